The van der Waals surface area contributed by atoms with Crippen molar-refractivity contribution in [1.82, 2.24) is 0 Å². The summed E-state index contributed by atoms with van der Waals surface area (Å²) in [7, 11) is 0. The Kier molecular flexibility index (Phi) is 9.19. The standard InChI is InChI=1S/C14H26O8/c1-13(2,6-9-20-7-4-11(15)16)22-10-14(3,19)21-8-5-12(17)18/h19H,4-10H2,1-3H3,(H,15,16)(H,17,18). The molecule has 1 unspecified atom stereocenters. The predicted molar refractivity (Wildman–Crippen MR) is 76.5 cm³/mol. The normalized spacial score (nSPS) is 14.5. The Labute approximate surface area is 130 Å². The zero-order chi connectivity index (χ0) is 17.2. The van der Waals surface area contributed by atoms with E-state index in [1.807, 2.05) is 0 Å². The first-order valence-corrected chi connectivity index (χ1v) is 7.06. The van der Waals surface area contributed by atoms with Crippen molar-refractivity contribution in [1.29, 1.82) is 0 Å². The fourth-order valence-electron chi connectivity index (χ4n) is 1.38. The van der Waals surface area contributed by atoms with Crippen LogP contribution in [0.15, 0.2) is 0 Å². The summed E-state index contributed by atoms with van der Waals surface area (Å²) in [6, 6.07) is 0. The van der Waals surface area contributed by atoms with E-state index in [0.717, 1.165) is 0 Å². The molecule has 0 saturated heterocycles. The van der Waals surface area contributed by atoms with Gasteiger partial charge in [-0.1, -0.05) is 0 Å². The topological polar surface area (TPSA) is 123 Å². The molecule has 22 heavy (non-hydrogen) atoms. The highest BCUT2D eigenvalue weighted by Crippen LogP contribution is 2.18. The highest BCUT2D eigenvalue weighted by Gasteiger charge is 2.27. The molecule has 0 fully saturated rings. The van der Waals surface area contributed by atoms with E-state index in [9.17, 15) is 14.7 Å². The van der Waals surface area contributed by atoms with Crippen LogP contribution < -0.4 is 0 Å². The van der Waals surface area contributed by atoms with E-state index in [1.54, 1.807) is 13.8 Å². The highest BCUT2D eigenvalue weighted by molar-refractivity contribution is 5.67. The molecule has 0 aliphatic carbocycles. The Morgan fingerprint density at radius 3 is 2.00 bits per heavy atom. The van der Waals surface area contributed by atoms with E-state index in [-0.39, 0.29) is 32.7 Å². The molecule has 0 saturated carbocycles. The van der Waals surface area contributed by atoms with E-state index >= 15 is 0 Å². The van der Waals surface area contributed by atoms with Crippen LogP contribution in [0.25, 0.3) is 0 Å². The van der Waals surface area contributed by atoms with Crippen molar-refractivity contribution in [3.05, 3.63) is 0 Å². The molecule has 0 bridgehead atoms. The zero-order valence-corrected chi connectivity index (χ0v) is 13.3. The average molecular weight is 322 g/mol. The van der Waals surface area contributed by atoms with Gasteiger partial charge in [0, 0.05) is 6.61 Å². The lowest BCUT2D eigenvalue weighted by atomic mass is 10.1. The number of carboxylic acid groups (broad SMARTS) is 2. The molecule has 0 aliphatic heterocycles. The van der Waals surface area contributed by atoms with Crippen LogP contribution >= 0.6 is 0 Å². The van der Waals surface area contributed by atoms with Gasteiger partial charge in [-0.25, -0.2) is 0 Å². The van der Waals surface area contributed by atoms with Gasteiger partial charge in [0.2, 0.25) is 0 Å². The molecule has 8 nitrogen and oxygen atoms in total. The van der Waals surface area contributed by atoms with Gasteiger partial charge in [-0.2, -0.15) is 0 Å². The lowest BCUT2D eigenvalue weighted by Crippen LogP contribution is -2.39. The summed E-state index contributed by atoms with van der Waals surface area (Å²) >= 11 is 0. The number of hydrogen-bond donors (Lipinski definition) is 3. The van der Waals surface area contributed by atoms with Crippen LogP contribution in [-0.4, -0.2) is 65.1 Å². The van der Waals surface area contributed by atoms with Crippen LogP contribution in [0, 0.1) is 0 Å². The number of aliphatic carboxylic acids is 2. The minimum absolute atomic E-state index is 0.0482. The Bertz CT molecular complexity index is 351. The van der Waals surface area contributed by atoms with Crippen LogP contribution in [0.2, 0.25) is 0 Å². The molecule has 0 radical (unpaired) electrons. The number of aliphatic hydroxyl groups is 1. The summed E-state index contributed by atoms with van der Waals surface area (Å²) in [6.07, 6.45) is 0.266. The molecule has 0 spiro atoms. The second-order valence-electron chi connectivity index (χ2n) is 5.72. The summed E-state index contributed by atoms with van der Waals surface area (Å²) in [5.41, 5.74) is -0.594. The van der Waals surface area contributed by atoms with Crippen molar-refractivity contribution < 1.29 is 39.1 Å². The molecular formula is C14H26O8. The van der Waals surface area contributed by atoms with Crippen LogP contribution in [0.4, 0.5) is 0 Å². The maximum absolute atomic E-state index is 10.4. The molecule has 130 valence electrons. The van der Waals surface area contributed by atoms with Crippen molar-refractivity contribution in [2.45, 2.75) is 51.4 Å². The van der Waals surface area contributed by atoms with Gasteiger partial charge in [0.25, 0.3) is 0 Å². The van der Waals surface area contributed by atoms with E-state index < -0.39 is 23.3 Å². The van der Waals surface area contributed by atoms with E-state index in [4.69, 9.17) is 24.4 Å². The van der Waals surface area contributed by atoms with E-state index in [1.165, 1.54) is 6.92 Å². The minimum atomic E-state index is -1.57. The zero-order valence-electron chi connectivity index (χ0n) is 13.3. The average Bonchev–Trinajstić information content (AvgIpc) is 2.35. The Balaban J connectivity index is 3.93. The molecular weight excluding hydrogens is 296 g/mol. The van der Waals surface area contributed by atoms with Crippen LogP contribution in [0.1, 0.15) is 40.0 Å². The number of carbonyl (C=O) groups is 2. The number of carboxylic acids is 2. The molecule has 3 N–H and O–H groups in total. The highest BCUT2D eigenvalue weighted by atomic mass is 16.6. The summed E-state index contributed by atoms with van der Waals surface area (Å²) in [6.45, 7) is 5.26. The number of rotatable bonds is 13. The summed E-state index contributed by atoms with van der Waals surface area (Å²) in [4.78, 5) is 20.7. The molecule has 0 aliphatic rings. The van der Waals surface area contributed by atoms with Gasteiger partial charge >= 0.3 is 11.9 Å². The van der Waals surface area contributed by atoms with Crippen LogP contribution in [0.3, 0.4) is 0 Å². The fraction of sp³-hybridized carbons (Fsp3) is 0.857. The Morgan fingerprint density at radius 1 is 0.909 bits per heavy atom. The third kappa shape index (κ3) is 12.5. The molecule has 0 aromatic rings. The van der Waals surface area contributed by atoms with Crippen molar-refractivity contribution in [3.8, 4) is 0 Å². The summed E-state index contributed by atoms with van der Waals surface area (Å²) in [5.74, 6) is -3.49. The monoisotopic (exact) mass is 322 g/mol. The van der Waals surface area contributed by atoms with E-state index in [2.05, 4.69) is 0 Å². The Morgan fingerprint density at radius 2 is 1.45 bits per heavy atom. The van der Waals surface area contributed by atoms with Crippen LogP contribution in [0.5, 0.6) is 0 Å². The van der Waals surface area contributed by atoms with E-state index in [0.29, 0.717) is 13.0 Å². The molecule has 0 amide bonds. The largest absolute Gasteiger partial charge is 0.481 e. The maximum Gasteiger partial charge on any atom is 0.305 e. The third-order valence-electron chi connectivity index (χ3n) is 2.77. The first-order chi connectivity index (χ1) is 10.0. The first kappa shape index (κ1) is 20.8. The quantitative estimate of drug-likeness (QED) is 0.337. The van der Waals surface area contributed by atoms with Crippen molar-refractivity contribution in [2.24, 2.45) is 0 Å². The maximum atomic E-state index is 10.4. The van der Waals surface area contributed by atoms with Crippen LogP contribution in [-0.2, 0) is 23.8 Å². The minimum Gasteiger partial charge on any atom is -0.481 e. The molecule has 0 aromatic carbocycles. The lowest BCUT2D eigenvalue weighted by Gasteiger charge is -2.31. The smallest absolute Gasteiger partial charge is 0.305 e. The SMILES string of the molecule is CC(C)(CCOCCC(=O)O)OCC(C)(O)OCCC(=O)O. The second-order valence-corrected chi connectivity index (χ2v) is 5.72. The summed E-state index contributed by atoms with van der Waals surface area (Å²) < 4.78 is 15.8. The predicted octanol–water partition coefficient (Wildman–Crippen LogP) is 0.863. The van der Waals surface area contributed by atoms with Gasteiger partial charge in [0.15, 0.2) is 5.79 Å². The Hall–Kier alpha value is -1.22. The fourth-order valence-corrected chi connectivity index (χ4v) is 1.38. The first-order valence-electron chi connectivity index (χ1n) is 7.06. The summed E-state index contributed by atoms with van der Waals surface area (Å²) in [5, 5.41) is 26.9. The lowest BCUT2D eigenvalue weighted by molar-refractivity contribution is -0.238. The second kappa shape index (κ2) is 9.73. The van der Waals surface area contributed by atoms with Gasteiger partial charge in [0.1, 0.15) is 6.61 Å². The number of hydrogen-bond acceptors (Lipinski definition) is 6. The van der Waals surface area contributed by atoms with Crippen molar-refractivity contribution in [3.63, 3.8) is 0 Å². The van der Waals surface area contributed by atoms with Gasteiger partial charge < -0.3 is 29.5 Å². The molecule has 0 rings (SSSR count). The molecule has 8 heteroatoms. The van der Waals surface area contributed by atoms with Gasteiger partial charge in [-0.15, -0.1) is 0 Å². The van der Waals surface area contributed by atoms with Gasteiger partial charge in [-0.05, 0) is 27.2 Å². The van der Waals surface area contributed by atoms with Gasteiger partial charge in [0.05, 0.1) is 31.7 Å². The molecule has 1 atom stereocenters. The van der Waals surface area contributed by atoms with Crippen molar-refractivity contribution >= 4 is 11.9 Å². The molecule has 0 aromatic heterocycles. The number of ether oxygens (including phenoxy) is 3. The van der Waals surface area contributed by atoms with Gasteiger partial charge in [-0.3, -0.25) is 9.59 Å². The molecule has 0 heterocycles. The third-order valence-corrected chi connectivity index (χ3v) is 2.77. The van der Waals surface area contributed by atoms with Crippen molar-refractivity contribution in [2.75, 3.05) is 26.4 Å².